The molecule has 1 heterocycles. The first kappa shape index (κ1) is 19.2. The first-order valence-corrected chi connectivity index (χ1v) is 9.42. The van der Waals surface area contributed by atoms with Crippen molar-refractivity contribution in [2.75, 3.05) is 6.54 Å². The monoisotopic (exact) mass is 382 g/mol. The molecular weight excluding hydrogens is 360 g/mol. The van der Waals surface area contributed by atoms with E-state index >= 15 is 0 Å². The maximum absolute atomic E-state index is 13.1. The number of halogens is 1. The Morgan fingerprint density at radius 1 is 1.07 bits per heavy atom. The van der Waals surface area contributed by atoms with Gasteiger partial charge in [-0.15, -0.1) is 0 Å². The summed E-state index contributed by atoms with van der Waals surface area (Å²) in [5.41, 5.74) is 3.03. The van der Waals surface area contributed by atoms with Gasteiger partial charge in [0.25, 0.3) is 5.91 Å². The number of rotatable bonds is 5. The number of carbonyl (C=O) groups is 2. The molecule has 0 aliphatic heterocycles. The summed E-state index contributed by atoms with van der Waals surface area (Å²) in [7, 11) is 0. The fourth-order valence-electron chi connectivity index (χ4n) is 3.18. The minimum absolute atomic E-state index is 0.0337. The van der Waals surface area contributed by atoms with Crippen molar-refractivity contribution in [2.45, 2.75) is 27.2 Å². The van der Waals surface area contributed by atoms with Crippen molar-refractivity contribution >= 4 is 34.3 Å². The van der Waals surface area contributed by atoms with E-state index in [4.69, 9.17) is 11.6 Å². The lowest BCUT2D eigenvalue weighted by Crippen LogP contribution is -2.29. The second-order valence-corrected chi connectivity index (χ2v) is 7.54. The standard InChI is InChI=1S/C22H23ClN2O2/c1-14(2)13-24-21(26)12-19-15(3)25(20-7-5-4-6-18(19)20)22(27)16-8-10-17(23)11-9-16/h4-11,14H,12-13H2,1-3H3,(H,24,26). The van der Waals surface area contributed by atoms with E-state index in [9.17, 15) is 9.59 Å². The molecule has 0 bridgehead atoms. The van der Waals surface area contributed by atoms with Gasteiger partial charge in [0, 0.05) is 28.2 Å². The zero-order valence-corrected chi connectivity index (χ0v) is 16.5. The maximum atomic E-state index is 13.1. The summed E-state index contributed by atoms with van der Waals surface area (Å²) in [4.78, 5) is 25.5. The highest BCUT2D eigenvalue weighted by Gasteiger charge is 2.21. The fourth-order valence-corrected chi connectivity index (χ4v) is 3.31. The first-order valence-electron chi connectivity index (χ1n) is 9.04. The lowest BCUT2D eigenvalue weighted by molar-refractivity contribution is -0.120. The van der Waals surface area contributed by atoms with Crippen LogP contribution in [0.25, 0.3) is 10.9 Å². The molecule has 5 heteroatoms. The third-order valence-corrected chi connectivity index (χ3v) is 4.83. The molecule has 0 aliphatic rings. The minimum Gasteiger partial charge on any atom is -0.356 e. The van der Waals surface area contributed by atoms with E-state index < -0.39 is 0 Å². The largest absolute Gasteiger partial charge is 0.356 e. The second kappa shape index (κ2) is 7.97. The molecule has 4 nitrogen and oxygen atoms in total. The predicted molar refractivity (Wildman–Crippen MR) is 109 cm³/mol. The molecule has 140 valence electrons. The summed E-state index contributed by atoms with van der Waals surface area (Å²) in [6.45, 7) is 6.64. The van der Waals surface area contributed by atoms with Crippen LogP contribution in [0, 0.1) is 12.8 Å². The first-order chi connectivity index (χ1) is 12.9. The highest BCUT2D eigenvalue weighted by Crippen LogP contribution is 2.27. The molecule has 0 saturated carbocycles. The summed E-state index contributed by atoms with van der Waals surface area (Å²) in [6.07, 6.45) is 0.250. The zero-order chi connectivity index (χ0) is 19.6. The van der Waals surface area contributed by atoms with Crippen LogP contribution in [0.4, 0.5) is 0 Å². The van der Waals surface area contributed by atoms with Crippen LogP contribution in [0.15, 0.2) is 48.5 Å². The number of amides is 1. The Labute approximate surface area is 164 Å². The Balaban J connectivity index is 2.01. The molecule has 0 saturated heterocycles. The van der Waals surface area contributed by atoms with Gasteiger partial charge >= 0.3 is 0 Å². The van der Waals surface area contributed by atoms with Gasteiger partial charge in [-0.05, 0) is 48.7 Å². The van der Waals surface area contributed by atoms with Gasteiger partial charge < -0.3 is 5.32 Å². The number of para-hydroxylation sites is 1. The number of hydrogen-bond acceptors (Lipinski definition) is 2. The Morgan fingerprint density at radius 2 is 1.74 bits per heavy atom. The van der Waals surface area contributed by atoms with Crippen molar-refractivity contribution in [1.82, 2.24) is 9.88 Å². The molecule has 3 rings (SSSR count). The van der Waals surface area contributed by atoms with Crippen LogP contribution < -0.4 is 5.32 Å². The molecule has 3 aromatic rings. The third-order valence-electron chi connectivity index (χ3n) is 4.58. The summed E-state index contributed by atoms with van der Waals surface area (Å²) < 4.78 is 1.68. The molecule has 0 radical (unpaired) electrons. The zero-order valence-electron chi connectivity index (χ0n) is 15.8. The molecule has 27 heavy (non-hydrogen) atoms. The van der Waals surface area contributed by atoms with Gasteiger partial charge in [0.05, 0.1) is 11.9 Å². The molecule has 0 spiro atoms. The SMILES string of the molecule is Cc1c(CC(=O)NCC(C)C)c2ccccc2n1C(=O)c1ccc(Cl)cc1. The smallest absolute Gasteiger partial charge is 0.262 e. The van der Waals surface area contributed by atoms with Crippen LogP contribution in [0.1, 0.15) is 35.5 Å². The summed E-state index contributed by atoms with van der Waals surface area (Å²) in [5.74, 6) is 0.228. The highest BCUT2D eigenvalue weighted by atomic mass is 35.5. The molecule has 2 aromatic carbocycles. The number of fused-ring (bicyclic) bond motifs is 1. The van der Waals surface area contributed by atoms with Gasteiger partial charge in [0.1, 0.15) is 0 Å². The lowest BCUT2D eigenvalue weighted by Gasteiger charge is -2.09. The van der Waals surface area contributed by atoms with Crippen LogP contribution in [0.3, 0.4) is 0 Å². The average molecular weight is 383 g/mol. The molecule has 1 amide bonds. The van der Waals surface area contributed by atoms with E-state index in [0.29, 0.717) is 23.0 Å². The van der Waals surface area contributed by atoms with Crippen molar-refractivity contribution in [2.24, 2.45) is 5.92 Å². The highest BCUT2D eigenvalue weighted by molar-refractivity contribution is 6.30. The normalized spacial score (nSPS) is 11.1. The van der Waals surface area contributed by atoms with Crippen LogP contribution >= 0.6 is 11.6 Å². The van der Waals surface area contributed by atoms with Gasteiger partial charge in [-0.1, -0.05) is 43.6 Å². The lowest BCUT2D eigenvalue weighted by atomic mass is 10.1. The van der Waals surface area contributed by atoms with E-state index in [0.717, 1.165) is 22.2 Å². The fraction of sp³-hybridized carbons (Fsp3) is 0.273. The Morgan fingerprint density at radius 3 is 2.41 bits per heavy atom. The van der Waals surface area contributed by atoms with E-state index in [1.807, 2.05) is 31.2 Å². The topological polar surface area (TPSA) is 51.1 Å². The molecule has 1 N–H and O–H groups in total. The van der Waals surface area contributed by atoms with E-state index in [2.05, 4.69) is 19.2 Å². The van der Waals surface area contributed by atoms with Crippen LogP contribution in [0.2, 0.25) is 5.02 Å². The summed E-state index contributed by atoms with van der Waals surface area (Å²) >= 11 is 5.94. The average Bonchev–Trinajstić information content (AvgIpc) is 2.92. The van der Waals surface area contributed by atoms with Crippen molar-refractivity contribution in [3.8, 4) is 0 Å². The number of carbonyl (C=O) groups excluding carboxylic acids is 2. The van der Waals surface area contributed by atoms with Crippen molar-refractivity contribution in [3.05, 3.63) is 70.4 Å². The number of hydrogen-bond donors (Lipinski definition) is 1. The van der Waals surface area contributed by atoms with Crippen LogP contribution in [-0.4, -0.2) is 22.9 Å². The van der Waals surface area contributed by atoms with E-state index in [1.165, 1.54) is 0 Å². The van der Waals surface area contributed by atoms with E-state index in [-0.39, 0.29) is 18.2 Å². The molecule has 0 atom stereocenters. The summed E-state index contributed by atoms with van der Waals surface area (Å²) in [5, 5.41) is 4.47. The van der Waals surface area contributed by atoms with Gasteiger partial charge in [0.15, 0.2) is 0 Å². The second-order valence-electron chi connectivity index (χ2n) is 7.10. The number of benzene rings is 2. The van der Waals surface area contributed by atoms with Gasteiger partial charge in [-0.25, -0.2) is 0 Å². The predicted octanol–water partition coefficient (Wildman–Crippen LogP) is 4.61. The Kier molecular flexibility index (Phi) is 5.66. The molecule has 0 fully saturated rings. The Hall–Kier alpha value is -2.59. The van der Waals surface area contributed by atoms with E-state index in [1.54, 1.807) is 28.8 Å². The Bertz CT molecular complexity index is 987. The molecule has 0 unspecified atom stereocenters. The molecule has 1 aromatic heterocycles. The van der Waals surface area contributed by atoms with Crippen LogP contribution in [-0.2, 0) is 11.2 Å². The molecule has 0 aliphatic carbocycles. The van der Waals surface area contributed by atoms with Gasteiger partial charge in [-0.3, -0.25) is 14.2 Å². The number of nitrogens with zero attached hydrogens (tertiary/aromatic N) is 1. The number of aromatic nitrogens is 1. The van der Waals surface area contributed by atoms with Crippen molar-refractivity contribution in [3.63, 3.8) is 0 Å². The maximum Gasteiger partial charge on any atom is 0.262 e. The third kappa shape index (κ3) is 4.06. The summed E-state index contributed by atoms with van der Waals surface area (Å²) in [6, 6.07) is 14.5. The number of nitrogens with one attached hydrogen (secondary N) is 1. The molecular formula is C22H23ClN2O2. The van der Waals surface area contributed by atoms with Crippen molar-refractivity contribution in [1.29, 1.82) is 0 Å². The quantitative estimate of drug-likeness (QED) is 0.700. The minimum atomic E-state index is -0.130. The van der Waals surface area contributed by atoms with Crippen molar-refractivity contribution < 1.29 is 9.59 Å². The van der Waals surface area contributed by atoms with Crippen LogP contribution in [0.5, 0.6) is 0 Å². The van der Waals surface area contributed by atoms with Gasteiger partial charge in [0.2, 0.25) is 5.91 Å². The van der Waals surface area contributed by atoms with Gasteiger partial charge in [-0.2, -0.15) is 0 Å².